The summed E-state index contributed by atoms with van der Waals surface area (Å²) in [5.41, 5.74) is 2.71. The molecule has 2 N–H and O–H groups in total. The van der Waals surface area contributed by atoms with E-state index in [0.29, 0.717) is 5.58 Å². The third-order valence-corrected chi connectivity index (χ3v) is 3.99. The summed E-state index contributed by atoms with van der Waals surface area (Å²) in [6.07, 6.45) is 0.867. The molecule has 1 aliphatic heterocycles. The van der Waals surface area contributed by atoms with E-state index in [1.54, 1.807) is 6.07 Å². The standard InChI is InChI=1S/C16H18N2O3.ClH/c1-9-6-15(19)21-14-5-10(2)13(7-12(9)14)18-16(20)11-3-4-17-8-11;/h5-7,11,17H,3-4,8H2,1-2H3,(H,18,20);1H. The van der Waals surface area contributed by atoms with Gasteiger partial charge in [0.2, 0.25) is 5.91 Å². The van der Waals surface area contributed by atoms with Gasteiger partial charge in [-0.05, 0) is 50.1 Å². The first-order valence-electron chi connectivity index (χ1n) is 7.11. The van der Waals surface area contributed by atoms with Gasteiger partial charge < -0.3 is 15.1 Å². The maximum atomic E-state index is 12.2. The Morgan fingerprint density at radius 3 is 2.73 bits per heavy atom. The average Bonchev–Trinajstić information content (AvgIpc) is 2.94. The van der Waals surface area contributed by atoms with Crippen LogP contribution in [0.3, 0.4) is 0 Å². The highest BCUT2D eigenvalue weighted by Crippen LogP contribution is 2.25. The van der Waals surface area contributed by atoms with Gasteiger partial charge in [-0.15, -0.1) is 12.4 Å². The van der Waals surface area contributed by atoms with Crippen molar-refractivity contribution in [2.75, 3.05) is 18.4 Å². The zero-order chi connectivity index (χ0) is 15.0. The quantitative estimate of drug-likeness (QED) is 0.833. The Morgan fingerprint density at radius 1 is 1.27 bits per heavy atom. The molecule has 1 amide bonds. The van der Waals surface area contributed by atoms with Crippen LogP contribution < -0.4 is 16.3 Å². The lowest BCUT2D eigenvalue weighted by Gasteiger charge is -2.13. The summed E-state index contributed by atoms with van der Waals surface area (Å²) in [5, 5.41) is 7.02. The van der Waals surface area contributed by atoms with Gasteiger partial charge >= 0.3 is 5.63 Å². The molecular weight excluding hydrogens is 304 g/mol. The van der Waals surface area contributed by atoms with Crippen molar-refractivity contribution in [2.24, 2.45) is 5.92 Å². The van der Waals surface area contributed by atoms with Crippen LogP contribution in [0, 0.1) is 19.8 Å². The van der Waals surface area contributed by atoms with E-state index in [1.165, 1.54) is 6.07 Å². The van der Waals surface area contributed by atoms with Gasteiger partial charge in [0, 0.05) is 23.7 Å². The summed E-state index contributed by atoms with van der Waals surface area (Å²) in [7, 11) is 0. The van der Waals surface area contributed by atoms with Crippen molar-refractivity contribution in [1.29, 1.82) is 0 Å². The van der Waals surface area contributed by atoms with E-state index in [2.05, 4.69) is 10.6 Å². The Hall–Kier alpha value is -1.85. The van der Waals surface area contributed by atoms with Gasteiger partial charge in [0.15, 0.2) is 0 Å². The largest absolute Gasteiger partial charge is 0.423 e. The first kappa shape index (κ1) is 16.5. The van der Waals surface area contributed by atoms with Gasteiger partial charge in [-0.2, -0.15) is 0 Å². The molecule has 1 aromatic heterocycles. The third kappa shape index (κ3) is 3.15. The molecule has 1 aliphatic rings. The van der Waals surface area contributed by atoms with E-state index < -0.39 is 0 Å². The average molecular weight is 323 g/mol. The first-order chi connectivity index (χ1) is 10.0. The fourth-order valence-electron chi connectivity index (χ4n) is 2.71. The van der Waals surface area contributed by atoms with Crippen LogP contribution in [0.4, 0.5) is 5.69 Å². The van der Waals surface area contributed by atoms with Crippen molar-refractivity contribution >= 4 is 35.0 Å². The number of aryl methyl sites for hydroxylation is 2. The molecule has 1 atom stereocenters. The van der Waals surface area contributed by atoms with Gasteiger partial charge in [-0.3, -0.25) is 4.79 Å². The summed E-state index contributed by atoms with van der Waals surface area (Å²) in [5.74, 6) is 0.0624. The van der Waals surface area contributed by atoms with Crippen LogP contribution in [0.5, 0.6) is 0 Å². The Kier molecular flexibility index (Phi) is 4.88. The second-order valence-electron chi connectivity index (χ2n) is 5.59. The molecule has 0 spiro atoms. The number of halogens is 1. The number of anilines is 1. The Bertz CT molecular complexity index is 764. The van der Waals surface area contributed by atoms with Crippen LogP contribution >= 0.6 is 12.4 Å². The fourth-order valence-corrected chi connectivity index (χ4v) is 2.71. The molecule has 1 unspecified atom stereocenters. The van der Waals surface area contributed by atoms with E-state index >= 15 is 0 Å². The number of carbonyl (C=O) groups excluding carboxylic acids is 1. The predicted molar refractivity (Wildman–Crippen MR) is 88.8 cm³/mol. The molecule has 22 heavy (non-hydrogen) atoms. The Morgan fingerprint density at radius 2 is 2.05 bits per heavy atom. The minimum absolute atomic E-state index is 0. The van der Waals surface area contributed by atoms with Crippen molar-refractivity contribution in [3.63, 3.8) is 0 Å². The van der Waals surface area contributed by atoms with Crippen molar-refractivity contribution < 1.29 is 9.21 Å². The number of amides is 1. The van der Waals surface area contributed by atoms with Gasteiger partial charge in [0.25, 0.3) is 0 Å². The lowest BCUT2D eigenvalue weighted by Crippen LogP contribution is -2.25. The molecule has 2 aromatic rings. The van der Waals surface area contributed by atoms with E-state index in [9.17, 15) is 9.59 Å². The number of rotatable bonds is 2. The van der Waals surface area contributed by atoms with Crippen LogP contribution in [0.2, 0.25) is 0 Å². The maximum Gasteiger partial charge on any atom is 0.336 e. The van der Waals surface area contributed by atoms with Crippen LogP contribution in [0.1, 0.15) is 17.5 Å². The maximum absolute atomic E-state index is 12.2. The van der Waals surface area contributed by atoms with E-state index in [4.69, 9.17) is 4.42 Å². The number of carbonyl (C=O) groups is 1. The number of fused-ring (bicyclic) bond motifs is 1. The molecule has 0 aliphatic carbocycles. The highest BCUT2D eigenvalue weighted by molar-refractivity contribution is 5.96. The second kappa shape index (κ2) is 6.50. The summed E-state index contributed by atoms with van der Waals surface area (Å²) in [6, 6.07) is 5.14. The fraction of sp³-hybridized carbons (Fsp3) is 0.375. The predicted octanol–water partition coefficient (Wildman–Crippen LogP) is 2.38. The smallest absolute Gasteiger partial charge is 0.336 e. The summed E-state index contributed by atoms with van der Waals surface area (Å²) < 4.78 is 5.20. The zero-order valence-electron chi connectivity index (χ0n) is 12.6. The topological polar surface area (TPSA) is 71.3 Å². The highest BCUT2D eigenvalue weighted by Gasteiger charge is 2.22. The summed E-state index contributed by atoms with van der Waals surface area (Å²) in [6.45, 7) is 5.37. The Labute approximate surface area is 134 Å². The second-order valence-corrected chi connectivity index (χ2v) is 5.59. The zero-order valence-corrected chi connectivity index (χ0v) is 13.4. The molecule has 3 rings (SSSR count). The Balaban J connectivity index is 0.00000176. The molecule has 0 radical (unpaired) electrons. The molecule has 2 heterocycles. The van der Waals surface area contributed by atoms with Gasteiger partial charge in [-0.25, -0.2) is 4.79 Å². The number of hydrogen-bond acceptors (Lipinski definition) is 4. The minimum Gasteiger partial charge on any atom is -0.423 e. The van der Waals surface area contributed by atoms with E-state index in [-0.39, 0.29) is 29.9 Å². The molecule has 1 saturated heterocycles. The summed E-state index contributed by atoms with van der Waals surface area (Å²) in [4.78, 5) is 23.6. The lowest BCUT2D eigenvalue weighted by atomic mass is 10.1. The van der Waals surface area contributed by atoms with Gasteiger partial charge in [-0.1, -0.05) is 0 Å². The van der Waals surface area contributed by atoms with Gasteiger partial charge in [0.05, 0.1) is 5.92 Å². The van der Waals surface area contributed by atoms with Crippen LogP contribution in [0.25, 0.3) is 11.0 Å². The molecule has 0 saturated carbocycles. The molecule has 6 heteroatoms. The lowest BCUT2D eigenvalue weighted by molar-refractivity contribution is -0.119. The highest BCUT2D eigenvalue weighted by atomic mass is 35.5. The number of hydrogen-bond donors (Lipinski definition) is 2. The monoisotopic (exact) mass is 322 g/mol. The van der Waals surface area contributed by atoms with Crippen LogP contribution in [0.15, 0.2) is 27.4 Å². The molecule has 0 bridgehead atoms. The molecule has 1 fully saturated rings. The van der Waals surface area contributed by atoms with Crippen molar-refractivity contribution in [1.82, 2.24) is 5.32 Å². The summed E-state index contributed by atoms with van der Waals surface area (Å²) >= 11 is 0. The van der Waals surface area contributed by atoms with E-state index in [1.807, 2.05) is 19.9 Å². The first-order valence-corrected chi connectivity index (χ1v) is 7.11. The third-order valence-electron chi connectivity index (χ3n) is 3.99. The van der Waals surface area contributed by atoms with Crippen molar-refractivity contribution in [3.05, 3.63) is 39.7 Å². The molecule has 1 aromatic carbocycles. The van der Waals surface area contributed by atoms with Crippen LogP contribution in [-0.4, -0.2) is 19.0 Å². The van der Waals surface area contributed by atoms with Crippen molar-refractivity contribution in [3.8, 4) is 0 Å². The number of benzene rings is 1. The minimum atomic E-state index is -0.354. The number of nitrogens with one attached hydrogen (secondary N) is 2. The van der Waals surface area contributed by atoms with Crippen molar-refractivity contribution in [2.45, 2.75) is 20.3 Å². The SMILES string of the molecule is Cc1cc2oc(=O)cc(C)c2cc1NC(=O)C1CCNC1.Cl. The molecular formula is C16H19ClN2O3. The van der Waals surface area contributed by atoms with E-state index in [0.717, 1.165) is 41.7 Å². The van der Waals surface area contributed by atoms with Crippen LogP contribution in [-0.2, 0) is 4.79 Å². The molecule has 118 valence electrons. The van der Waals surface area contributed by atoms with Gasteiger partial charge in [0.1, 0.15) is 5.58 Å². The normalized spacial score (nSPS) is 17.3. The molecule has 5 nitrogen and oxygen atoms in total.